The Morgan fingerprint density at radius 3 is 1.69 bits per heavy atom. The van der Waals surface area contributed by atoms with Crippen LogP contribution in [-0.4, -0.2) is 5.11 Å². The van der Waals surface area contributed by atoms with Crippen LogP contribution in [0.25, 0.3) is 0 Å². The number of aromatic hydroxyl groups is 1. The van der Waals surface area contributed by atoms with E-state index in [0.717, 1.165) is 10.9 Å². The van der Waals surface area contributed by atoms with Gasteiger partial charge in [0.2, 0.25) is 0 Å². The third kappa shape index (κ3) is 8.43. The quantitative estimate of drug-likeness (QED) is 0.176. The van der Waals surface area contributed by atoms with E-state index in [1.807, 2.05) is 0 Å². The van der Waals surface area contributed by atoms with E-state index >= 15 is 0 Å². The van der Waals surface area contributed by atoms with Gasteiger partial charge >= 0.3 is 35.6 Å². The first-order chi connectivity index (χ1) is 18.4. The zero-order chi connectivity index (χ0) is 28.8. The van der Waals surface area contributed by atoms with Crippen molar-refractivity contribution in [2.24, 2.45) is 0 Å². The molecule has 0 bridgehead atoms. The molecule has 39 heavy (non-hydrogen) atoms. The van der Waals surface area contributed by atoms with Crippen LogP contribution in [0.1, 0.15) is 58.2 Å². The van der Waals surface area contributed by atoms with E-state index in [2.05, 4.69) is 139 Å². The normalized spacial score (nSPS) is 11.9. The molecule has 0 amide bonds. The molecule has 0 aliphatic carbocycles. The first-order valence-electron chi connectivity index (χ1n) is 13.1. The Balaban J connectivity index is 0.00000134. The maximum absolute atomic E-state index is 11.5. The number of hydrogen-bond donors (Lipinski definition) is 1. The van der Waals surface area contributed by atoms with Gasteiger partial charge in [0.15, 0.2) is 0 Å². The third-order valence-corrected chi connectivity index (χ3v) is 11.3. The van der Waals surface area contributed by atoms with Crippen LogP contribution in [0.2, 0.25) is 0 Å². The topological polar surface area (TPSA) is 20.2 Å². The molecule has 4 aromatic rings. The van der Waals surface area contributed by atoms with Gasteiger partial charge in [0.1, 0.15) is 21.7 Å². The van der Waals surface area contributed by atoms with Crippen LogP contribution in [0.15, 0.2) is 91.0 Å². The van der Waals surface area contributed by atoms with Crippen LogP contribution >= 0.6 is 35.1 Å². The molecule has 0 saturated heterocycles. The van der Waals surface area contributed by atoms with Crippen molar-refractivity contribution in [3.8, 4) is 5.75 Å². The average Bonchev–Trinajstić information content (AvgIpc) is 2.87. The predicted molar refractivity (Wildman–Crippen MR) is 176 cm³/mol. The van der Waals surface area contributed by atoms with E-state index in [4.69, 9.17) is 18.6 Å². The second kappa shape index (κ2) is 14.1. The Hall–Kier alpha value is -1.17. The molecule has 0 saturated carbocycles. The summed E-state index contributed by atoms with van der Waals surface area (Å²) >= 11 is -0.556. The third-order valence-electron chi connectivity index (χ3n) is 6.71. The SMILES string of the molecule is Cc1cccc([PH+](c2ccccc2)c2ccccc2)c1Pc1cc(C(C)(C)C)cc(C(C)(C)C)c1O.[Cl][Ti][Cl]. The van der Waals surface area contributed by atoms with Crippen LogP contribution in [-0.2, 0) is 27.9 Å². The number of hydrogen-bond acceptors (Lipinski definition) is 1. The van der Waals surface area contributed by atoms with Crippen molar-refractivity contribution in [1.29, 1.82) is 0 Å². The van der Waals surface area contributed by atoms with Crippen LogP contribution in [0.3, 0.4) is 0 Å². The van der Waals surface area contributed by atoms with Gasteiger partial charge < -0.3 is 5.11 Å². The first kappa shape index (κ1) is 32.4. The zero-order valence-corrected chi connectivity index (χ0v) is 28.9. The predicted octanol–water partition coefficient (Wildman–Crippen LogP) is 7.79. The fraction of sp³-hybridized carbons (Fsp3) is 0.273. The Labute approximate surface area is 255 Å². The summed E-state index contributed by atoms with van der Waals surface area (Å²) in [6.07, 6.45) is 0. The summed E-state index contributed by atoms with van der Waals surface area (Å²) < 4.78 is 0. The fourth-order valence-electron chi connectivity index (χ4n) is 4.60. The monoisotopic (exact) mass is 631 g/mol. The molecule has 1 N–H and O–H groups in total. The molecule has 4 rings (SSSR count). The number of halogens is 2. The molecule has 0 heterocycles. The van der Waals surface area contributed by atoms with Crippen LogP contribution < -0.4 is 26.5 Å². The van der Waals surface area contributed by atoms with Gasteiger partial charge in [0, 0.05) is 16.2 Å². The minimum absolute atomic E-state index is 0.00449. The average molecular weight is 632 g/mol. The molecule has 6 heteroatoms. The van der Waals surface area contributed by atoms with Gasteiger partial charge in [-0.3, -0.25) is 0 Å². The summed E-state index contributed by atoms with van der Waals surface area (Å²) in [7, 11) is 8.95. The van der Waals surface area contributed by atoms with E-state index in [-0.39, 0.29) is 10.8 Å². The zero-order valence-electron chi connectivity index (χ0n) is 23.9. The molecule has 4 aromatic carbocycles. The number of benzene rings is 4. The molecule has 1 nitrogen and oxygen atoms in total. The molecule has 0 radical (unpaired) electrons. The van der Waals surface area contributed by atoms with Gasteiger partial charge in [-0.1, -0.05) is 105 Å². The van der Waals surface area contributed by atoms with Crippen molar-refractivity contribution in [3.05, 3.63) is 108 Å². The van der Waals surface area contributed by atoms with E-state index in [1.54, 1.807) is 0 Å². The first-order valence-corrected chi connectivity index (χ1v) is 19.9. The second-order valence-corrected chi connectivity index (χ2v) is 18.0. The Morgan fingerprint density at radius 1 is 0.718 bits per heavy atom. The molecule has 0 aliphatic heterocycles. The molecule has 0 aromatic heterocycles. The molecule has 204 valence electrons. The maximum atomic E-state index is 11.5. The molecule has 0 aliphatic rings. The summed E-state index contributed by atoms with van der Waals surface area (Å²) in [4.78, 5) is 0. The van der Waals surface area contributed by atoms with Gasteiger partial charge in [0.25, 0.3) is 0 Å². The number of aryl methyl sites for hydroxylation is 1. The van der Waals surface area contributed by atoms with Gasteiger partial charge in [0.05, 0.1) is 7.92 Å². The van der Waals surface area contributed by atoms with Gasteiger partial charge in [-0.2, -0.15) is 0 Å². The van der Waals surface area contributed by atoms with Gasteiger partial charge in [-0.15, -0.1) is 0 Å². The Morgan fingerprint density at radius 2 is 1.23 bits per heavy atom. The summed E-state index contributed by atoms with van der Waals surface area (Å²) in [5, 5.41) is 18.1. The molecular weight excluding hydrogens is 593 g/mol. The number of phenolic OH excluding ortho intramolecular Hbond substituents is 1. The Bertz CT molecular complexity index is 1330. The van der Waals surface area contributed by atoms with Crippen LogP contribution in [0.5, 0.6) is 5.75 Å². The van der Waals surface area contributed by atoms with Crippen molar-refractivity contribution < 1.29 is 22.1 Å². The second-order valence-electron chi connectivity index (χ2n) is 11.7. The summed E-state index contributed by atoms with van der Waals surface area (Å²) in [5.41, 5.74) is 3.47. The van der Waals surface area contributed by atoms with Gasteiger partial charge in [-0.05, 0) is 65.3 Å². The molecule has 1 unspecified atom stereocenters. The van der Waals surface area contributed by atoms with Crippen molar-refractivity contribution >= 4 is 61.6 Å². The standard InChI is InChI=1S/C33H38OP2.2ClH.Ti/c1-23-15-14-20-29(36(25-16-10-8-11-17-25)26-18-12-9-13-19-26)31(23)35-28-22-24(32(2,3)4)21-27(30(28)34)33(5,6)7;;;/h8-22,34-35H,1-7H3;2*1H;/q;;;+2/p-1. The number of rotatable bonds is 5. The number of phenols is 1. The van der Waals surface area contributed by atoms with Crippen molar-refractivity contribution in [2.45, 2.75) is 59.3 Å². The Kier molecular flexibility index (Phi) is 11.7. The minimum atomic E-state index is -1.21. The van der Waals surface area contributed by atoms with E-state index in [1.165, 1.54) is 32.3 Å². The molecule has 0 spiro atoms. The molecule has 0 fully saturated rings. The van der Waals surface area contributed by atoms with E-state index in [0.29, 0.717) is 14.3 Å². The molecule has 1 atom stereocenters. The van der Waals surface area contributed by atoms with Crippen LogP contribution in [0.4, 0.5) is 0 Å². The van der Waals surface area contributed by atoms with Crippen molar-refractivity contribution in [3.63, 3.8) is 0 Å². The fourth-order valence-corrected chi connectivity index (χ4v) is 9.13. The van der Waals surface area contributed by atoms with E-state index in [9.17, 15) is 5.11 Å². The van der Waals surface area contributed by atoms with Gasteiger partial charge in [-0.25, -0.2) is 0 Å². The summed E-state index contributed by atoms with van der Waals surface area (Å²) in [5.74, 6) is 0.455. The summed E-state index contributed by atoms with van der Waals surface area (Å²) in [6, 6.07) is 33.1. The molecular formula is C33H39Cl2OP2Ti+. The van der Waals surface area contributed by atoms with Crippen molar-refractivity contribution in [2.75, 3.05) is 0 Å². The summed E-state index contributed by atoms with van der Waals surface area (Å²) in [6.45, 7) is 15.5. The van der Waals surface area contributed by atoms with E-state index < -0.39 is 25.0 Å². The van der Waals surface area contributed by atoms with Crippen molar-refractivity contribution in [1.82, 2.24) is 0 Å². The van der Waals surface area contributed by atoms with Crippen LogP contribution in [0, 0.1) is 6.92 Å².